The molecule has 2 nitrogen and oxygen atoms in total. The molecule has 4 aliphatic carbocycles. The third-order valence-corrected chi connectivity index (χ3v) is 4.25. The summed E-state index contributed by atoms with van der Waals surface area (Å²) in [4.78, 5) is 11.1. The first-order chi connectivity index (χ1) is 6.24. The molecule has 13 heavy (non-hydrogen) atoms. The molecule has 2 unspecified atom stereocenters. The monoisotopic (exact) mass is 179 g/mol. The zero-order valence-corrected chi connectivity index (χ0v) is 7.70. The number of rotatable bonds is 1. The van der Waals surface area contributed by atoms with Gasteiger partial charge in [0, 0.05) is 0 Å². The second-order valence-electron chi connectivity index (χ2n) is 5.08. The average molecular weight is 179 g/mol. The van der Waals surface area contributed by atoms with E-state index in [0.717, 1.165) is 18.8 Å². The van der Waals surface area contributed by atoms with Gasteiger partial charge < -0.3 is 5.11 Å². The van der Waals surface area contributed by atoms with Gasteiger partial charge in [-0.25, -0.2) is 0 Å². The number of aliphatic carboxylic acids is 1. The van der Waals surface area contributed by atoms with Gasteiger partial charge >= 0.3 is 5.97 Å². The van der Waals surface area contributed by atoms with Crippen molar-refractivity contribution in [2.45, 2.75) is 32.1 Å². The number of hydrogen-bond donors (Lipinski definition) is 1. The van der Waals surface area contributed by atoms with Gasteiger partial charge in [0.1, 0.15) is 0 Å². The first kappa shape index (κ1) is 7.84. The molecule has 4 saturated carbocycles. The zero-order chi connectivity index (χ0) is 9.00. The fraction of sp³-hybridized carbons (Fsp3) is 0.818. The van der Waals surface area contributed by atoms with Gasteiger partial charge in [-0.1, -0.05) is 0 Å². The van der Waals surface area contributed by atoms with E-state index in [1.165, 1.54) is 19.3 Å². The van der Waals surface area contributed by atoms with Crippen LogP contribution in [-0.4, -0.2) is 11.1 Å². The second kappa shape index (κ2) is 2.49. The molecule has 71 valence electrons. The van der Waals surface area contributed by atoms with Crippen molar-refractivity contribution in [3.8, 4) is 0 Å². The predicted octanol–water partition coefficient (Wildman–Crippen LogP) is 2.10. The van der Waals surface area contributed by atoms with Crippen LogP contribution in [0.15, 0.2) is 0 Å². The summed E-state index contributed by atoms with van der Waals surface area (Å²) >= 11 is 0. The van der Waals surface area contributed by atoms with Crippen molar-refractivity contribution in [1.82, 2.24) is 0 Å². The third-order valence-electron chi connectivity index (χ3n) is 4.25. The van der Waals surface area contributed by atoms with E-state index < -0.39 is 5.97 Å². The van der Waals surface area contributed by atoms with Gasteiger partial charge in [0.05, 0.1) is 5.92 Å². The van der Waals surface area contributed by atoms with Crippen LogP contribution in [0, 0.1) is 29.6 Å². The van der Waals surface area contributed by atoms with Crippen LogP contribution in [0.5, 0.6) is 0 Å². The van der Waals surface area contributed by atoms with Gasteiger partial charge in [0.15, 0.2) is 0 Å². The maximum Gasteiger partial charge on any atom is 0.307 e. The van der Waals surface area contributed by atoms with Crippen molar-refractivity contribution < 1.29 is 9.90 Å². The van der Waals surface area contributed by atoms with Gasteiger partial charge in [0.2, 0.25) is 0 Å². The van der Waals surface area contributed by atoms with Crippen molar-refractivity contribution >= 4 is 5.97 Å². The van der Waals surface area contributed by atoms with Crippen molar-refractivity contribution in [2.75, 3.05) is 0 Å². The second-order valence-corrected chi connectivity index (χ2v) is 5.08. The van der Waals surface area contributed by atoms with Crippen molar-refractivity contribution in [2.24, 2.45) is 23.7 Å². The van der Waals surface area contributed by atoms with E-state index >= 15 is 0 Å². The van der Waals surface area contributed by atoms with Gasteiger partial charge in [-0.2, -0.15) is 0 Å². The minimum absolute atomic E-state index is 0.000278. The number of carboxylic acid groups (broad SMARTS) is 1. The van der Waals surface area contributed by atoms with E-state index in [9.17, 15) is 4.79 Å². The van der Waals surface area contributed by atoms with Gasteiger partial charge in [0.25, 0.3) is 0 Å². The fourth-order valence-electron chi connectivity index (χ4n) is 4.02. The summed E-state index contributed by atoms with van der Waals surface area (Å²) in [5.74, 6) is 2.99. The highest BCUT2D eigenvalue weighted by Gasteiger charge is 2.50. The molecule has 0 amide bonds. The maximum absolute atomic E-state index is 11.1. The van der Waals surface area contributed by atoms with Crippen LogP contribution in [0.1, 0.15) is 32.1 Å². The predicted molar refractivity (Wildman–Crippen MR) is 47.9 cm³/mol. The normalized spacial score (nSPS) is 48.3. The first-order valence-corrected chi connectivity index (χ1v) is 5.30. The molecule has 0 saturated heterocycles. The molecule has 0 aromatic rings. The third kappa shape index (κ3) is 1.04. The molecule has 0 aromatic carbocycles. The van der Waals surface area contributed by atoms with Gasteiger partial charge in [-0.05, 0) is 55.8 Å². The van der Waals surface area contributed by atoms with Crippen LogP contribution < -0.4 is 0 Å². The summed E-state index contributed by atoms with van der Waals surface area (Å²) in [5.41, 5.74) is 0. The SMILES string of the molecule is O=C(O)C1C2C[C]3CC(C2)CC1C3. The lowest BCUT2D eigenvalue weighted by Crippen LogP contribution is -2.47. The molecular weight excluding hydrogens is 164 g/mol. The Morgan fingerprint density at radius 1 is 1.15 bits per heavy atom. The van der Waals surface area contributed by atoms with Crippen LogP contribution in [0.4, 0.5) is 0 Å². The summed E-state index contributed by atoms with van der Waals surface area (Å²) < 4.78 is 0. The summed E-state index contributed by atoms with van der Waals surface area (Å²) in [6.07, 6.45) is 5.96. The molecule has 4 aliphatic rings. The van der Waals surface area contributed by atoms with Crippen molar-refractivity contribution in [3.63, 3.8) is 0 Å². The first-order valence-electron chi connectivity index (χ1n) is 5.30. The standard InChI is InChI=1S/C11H15O2/c12-11(13)10-8-2-6-1-7(4-8)5-9(10)3-6/h6,8-10H,1-5H2,(H,12,13). The minimum atomic E-state index is -0.533. The lowest BCUT2D eigenvalue weighted by molar-refractivity contribution is -0.151. The van der Waals surface area contributed by atoms with E-state index in [1.54, 1.807) is 5.92 Å². The molecule has 4 bridgehead atoms. The van der Waals surface area contributed by atoms with Crippen molar-refractivity contribution in [1.29, 1.82) is 0 Å². The highest BCUT2D eigenvalue weighted by molar-refractivity contribution is 5.71. The van der Waals surface area contributed by atoms with Crippen LogP contribution >= 0.6 is 0 Å². The Morgan fingerprint density at radius 2 is 1.77 bits per heavy atom. The molecule has 1 radical (unpaired) electrons. The Hall–Kier alpha value is -0.530. The molecule has 2 heteroatoms. The quantitative estimate of drug-likeness (QED) is 0.669. The molecule has 1 N–H and O–H groups in total. The van der Waals surface area contributed by atoms with E-state index in [-0.39, 0.29) is 5.92 Å². The molecule has 4 fully saturated rings. The van der Waals surface area contributed by atoms with E-state index in [0.29, 0.717) is 11.8 Å². The van der Waals surface area contributed by atoms with E-state index in [2.05, 4.69) is 0 Å². The van der Waals surface area contributed by atoms with Crippen LogP contribution in [0.25, 0.3) is 0 Å². The highest BCUT2D eigenvalue weighted by atomic mass is 16.4. The number of carbonyl (C=O) groups is 1. The van der Waals surface area contributed by atoms with Crippen LogP contribution in [0.3, 0.4) is 0 Å². The molecule has 0 heterocycles. The van der Waals surface area contributed by atoms with E-state index in [1.807, 2.05) is 0 Å². The van der Waals surface area contributed by atoms with E-state index in [4.69, 9.17) is 5.11 Å². The van der Waals surface area contributed by atoms with Gasteiger partial charge in [-0.15, -0.1) is 0 Å². The molecule has 0 aliphatic heterocycles. The Balaban J connectivity index is 1.89. The summed E-state index contributed by atoms with van der Waals surface area (Å²) in [6, 6.07) is 0. The Morgan fingerprint density at radius 3 is 2.23 bits per heavy atom. The maximum atomic E-state index is 11.1. The smallest absolute Gasteiger partial charge is 0.307 e. The average Bonchev–Trinajstić information content (AvgIpc) is 2.00. The topological polar surface area (TPSA) is 37.3 Å². The Kier molecular flexibility index (Phi) is 1.50. The molecule has 0 aromatic heterocycles. The lowest BCUT2D eigenvalue weighted by atomic mass is 9.52. The Labute approximate surface area is 78.3 Å². The van der Waals surface area contributed by atoms with Crippen molar-refractivity contribution in [3.05, 3.63) is 5.92 Å². The highest BCUT2D eigenvalue weighted by Crippen LogP contribution is 2.57. The molecule has 2 atom stereocenters. The lowest BCUT2D eigenvalue weighted by Gasteiger charge is -2.52. The summed E-state index contributed by atoms with van der Waals surface area (Å²) in [5, 5.41) is 9.14. The van der Waals surface area contributed by atoms with Gasteiger partial charge in [-0.3, -0.25) is 4.79 Å². The molecular formula is C11H15O2. The molecule has 0 spiro atoms. The Bertz CT molecular complexity index is 218. The number of hydrogen-bond acceptors (Lipinski definition) is 1. The molecule has 4 rings (SSSR count). The fourth-order valence-corrected chi connectivity index (χ4v) is 4.02. The van der Waals surface area contributed by atoms with Crippen LogP contribution in [-0.2, 0) is 4.79 Å². The number of carboxylic acids is 1. The zero-order valence-electron chi connectivity index (χ0n) is 7.70. The summed E-state index contributed by atoms with van der Waals surface area (Å²) in [6.45, 7) is 0. The minimum Gasteiger partial charge on any atom is -0.481 e. The summed E-state index contributed by atoms with van der Waals surface area (Å²) in [7, 11) is 0. The largest absolute Gasteiger partial charge is 0.481 e. The van der Waals surface area contributed by atoms with Crippen LogP contribution in [0.2, 0.25) is 0 Å².